The molecule has 1 unspecified atom stereocenters. The van der Waals surface area contributed by atoms with Crippen molar-refractivity contribution in [1.29, 1.82) is 0 Å². The van der Waals surface area contributed by atoms with Gasteiger partial charge in [-0.3, -0.25) is 4.79 Å². The van der Waals surface area contributed by atoms with Gasteiger partial charge in [-0.15, -0.1) is 0 Å². The van der Waals surface area contributed by atoms with E-state index in [1.54, 1.807) is 6.92 Å². The van der Waals surface area contributed by atoms with E-state index in [0.29, 0.717) is 0 Å². The van der Waals surface area contributed by atoms with Crippen molar-refractivity contribution >= 4 is 5.91 Å². The molecule has 1 saturated heterocycles. The Bertz CT molecular complexity index is 397. The molecule has 2 N–H and O–H groups in total. The second kappa shape index (κ2) is 16.1. The third-order valence-electron chi connectivity index (χ3n) is 5.26. The molecule has 0 saturated carbocycles. The van der Waals surface area contributed by atoms with E-state index in [-0.39, 0.29) is 30.8 Å². The minimum Gasteiger partial charge on any atom is -0.394 e. The van der Waals surface area contributed by atoms with Crippen LogP contribution in [0.25, 0.3) is 0 Å². The molecule has 0 aliphatic carbocycles. The van der Waals surface area contributed by atoms with Crippen LogP contribution in [0.5, 0.6) is 0 Å². The van der Waals surface area contributed by atoms with Crippen molar-refractivity contribution in [3.8, 4) is 0 Å². The normalized spacial score (nSPS) is 20.1. The number of hydrogen-bond acceptors (Lipinski definition) is 3. The van der Waals surface area contributed by atoms with Crippen molar-refractivity contribution in [1.82, 2.24) is 5.32 Å². The predicted molar refractivity (Wildman–Crippen MR) is 113 cm³/mol. The van der Waals surface area contributed by atoms with Gasteiger partial charge in [0.05, 0.1) is 12.7 Å². The van der Waals surface area contributed by atoms with Gasteiger partial charge in [0.1, 0.15) is 0 Å². The number of carbonyl (C=O) groups is 1. The van der Waals surface area contributed by atoms with Crippen molar-refractivity contribution in [3.05, 3.63) is 12.2 Å². The van der Waals surface area contributed by atoms with Gasteiger partial charge in [-0.05, 0) is 32.6 Å². The summed E-state index contributed by atoms with van der Waals surface area (Å²) < 4.78 is 5.42. The molecule has 3 atom stereocenters. The van der Waals surface area contributed by atoms with E-state index in [1.165, 1.54) is 77.0 Å². The summed E-state index contributed by atoms with van der Waals surface area (Å²) in [6, 6.07) is -0.201. The first-order valence-corrected chi connectivity index (χ1v) is 11.4. The average molecular weight is 382 g/mol. The second-order valence-electron chi connectivity index (χ2n) is 8.06. The van der Waals surface area contributed by atoms with Crippen LogP contribution >= 0.6 is 0 Å². The topological polar surface area (TPSA) is 61.9 Å². The number of carbonyl (C=O) groups excluding carboxylic acids is 1. The Hall–Kier alpha value is -0.870. The maximum Gasteiger partial charge on any atom is 0.252 e. The van der Waals surface area contributed by atoms with Crippen molar-refractivity contribution in [2.75, 3.05) is 6.61 Å². The summed E-state index contributed by atoms with van der Waals surface area (Å²) in [5, 5.41) is 11.7. The van der Waals surface area contributed by atoms with E-state index in [9.17, 15) is 4.79 Å². The van der Waals surface area contributed by atoms with E-state index in [0.717, 1.165) is 12.8 Å². The third-order valence-corrected chi connectivity index (χ3v) is 5.26. The zero-order chi connectivity index (χ0) is 19.7. The molecule has 27 heavy (non-hydrogen) atoms. The summed E-state index contributed by atoms with van der Waals surface area (Å²) in [5.41, 5.74) is 0. The van der Waals surface area contributed by atoms with Crippen LogP contribution in [0.15, 0.2) is 12.2 Å². The molecule has 4 nitrogen and oxygen atoms in total. The number of aliphatic hydroxyl groups excluding tert-OH is 1. The minimum atomic E-state index is -0.306. The lowest BCUT2D eigenvalue weighted by atomic mass is 10.1. The number of unbranched alkanes of at least 4 members (excludes halogenated alkanes) is 11. The third kappa shape index (κ3) is 13.0. The fourth-order valence-electron chi connectivity index (χ4n) is 3.39. The number of ether oxygens (including phenoxy) is 1. The number of rotatable bonds is 18. The van der Waals surface area contributed by atoms with E-state index < -0.39 is 0 Å². The summed E-state index contributed by atoms with van der Waals surface area (Å²) in [4.78, 5) is 11.8. The van der Waals surface area contributed by atoms with Crippen molar-refractivity contribution in [2.24, 2.45) is 0 Å². The van der Waals surface area contributed by atoms with Crippen LogP contribution in [0.1, 0.15) is 104 Å². The lowest BCUT2D eigenvalue weighted by Gasteiger charge is -2.08. The van der Waals surface area contributed by atoms with E-state index in [2.05, 4.69) is 24.4 Å². The predicted octanol–water partition coefficient (Wildman–Crippen LogP) is 5.29. The maximum atomic E-state index is 11.8. The Kier molecular flexibility index (Phi) is 14.4. The van der Waals surface area contributed by atoms with Crippen LogP contribution in [-0.4, -0.2) is 35.9 Å². The summed E-state index contributed by atoms with van der Waals surface area (Å²) in [6.07, 6.45) is 22.6. The second-order valence-corrected chi connectivity index (χ2v) is 8.06. The summed E-state index contributed by atoms with van der Waals surface area (Å²) >= 11 is 0. The molecule has 1 fully saturated rings. The molecule has 0 bridgehead atoms. The van der Waals surface area contributed by atoms with Crippen LogP contribution < -0.4 is 5.32 Å². The summed E-state index contributed by atoms with van der Waals surface area (Å²) in [5.74, 6) is -0.0912. The van der Waals surface area contributed by atoms with Gasteiger partial charge in [-0.1, -0.05) is 83.3 Å². The van der Waals surface area contributed by atoms with Crippen LogP contribution in [0.2, 0.25) is 0 Å². The number of aliphatic hydroxyl groups is 1. The molecular weight excluding hydrogens is 338 g/mol. The Morgan fingerprint density at radius 3 is 2.11 bits per heavy atom. The maximum absolute atomic E-state index is 11.8. The van der Waals surface area contributed by atoms with Gasteiger partial charge < -0.3 is 15.2 Å². The fraction of sp³-hybridized carbons (Fsp3) is 0.870. The monoisotopic (exact) mass is 381 g/mol. The van der Waals surface area contributed by atoms with Crippen molar-refractivity contribution in [2.45, 2.75) is 122 Å². The highest BCUT2D eigenvalue weighted by molar-refractivity contribution is 5.83. The van der Waals surface area contributed by atoms with Crippen molar-refractivity contribution < 1.29 is 14.6 Å². The number of amides is 1. The van der Waals surface area contributed by atoms with Crippen LogP contribution in [0.4, 0.5) is 0 Å². The molecule has 4 heteroatoms. The molecule has 0 spiro atoms. The highest BCUT2D eigenvalue weighted by Crippen LogP contribution is 2.27. The van der Waals surface area contributed by atoms with Gasteiger partial charge in [0, 0.05) is 6.04 Å². The van der Waals surface area contributed by atoms with Crippen LogP contribution in [-0.2, 0) is 9.53 Å². The van der Waals surface area contributed by atoms with Crippen LogP contribution in [0, 0.1) is 0 Å². The van der Waals surface area contributed by atoms with Gasteiger partial charge in [-0.2, -0.15) is 0 Å². The molecule has 1 rings (SSSR count). The number of allylic oxidation sites excluding steroid dienone is 2. The molecular formula is C23H43NO3. The molecule has 1 aliphatic heterocycles. The van der Waals surface area contributed by atoms with Gasteiger partial charge in [-0.25, -0.2) is 0 Å². The van der Waals surface area contributed by atoms with E-state index >= 15 is 0 Å². The fourth-order valence-corrected chi connectivity index (χ4v) is 3.39. The number of nitrogens with one attached hydrogen (secondary N) is 1. The summed E-state index contributed by atoms with van der Waals surface area (Å²) in [7, 11) is 0. The zero-order valence-corrected chi connectivity index (χ0v) is 17.8. The Balaban J connectivity index is 1.82. The molecule has 158 valence electrons. The first-order chi connectivity index (χ1) is 13.2. The van der Waals surface area contributed by atoms with Crippen molar-refractivity contribution in [3.63, 3.8) is 0 Å². The van der Waals surface area contributed by atoms with E-state index in [4.69, 9.17) is 9.84 Å². The summed E-state index contributed by atoms with van der Waals surface area (Å²) in [6.45, 7) is 4.02. The van der Waals surface area contributed by atoms with E-state index in [1.807, 2.05) is 0 Å². The molecule has 0 aromatic carbocycles. The molecule has 0 radical (unpaired) electrons. The quantitative estimate of drug-likeness (QED) is 0.193. The van der Waals surface area contributed by atoms with Gasteiger partial charge >= 0.3 is 0 Å². The highest BCUT2D eigenvalue weighted by atomic mass is 16.6. The molecule has 0 aromatic heterocycles. The molecule has 1 aliphatic rings. The SMILES string of the molecule is CCCCCCCCCCCCC/C=C/CCC1O[C@H]1C(=O)N[C@H](C)CO. The number of epoxide rings is 1. The average Bonchev–Trinajstić information content (AvgIpc) is 3.44. The van der Waals surface area contributed by atoms with Gasteiger partial charge in [0.15, 0.2) is 6.10 Å². The zero-order valence-electron chi connectivity index (χ0n) is 17.8. The molecule has 1 heterocycles. The first kappa shape index (κ1) is 24.2. The Morgan fingerprint density at radius 2 is 1.52 bits per heavy atom. The van der Waals surface area contributed by atoms with Crippen LogP contribution in [0.3, 0.4) is 0 Å². The largest absolute Gasteiger partial charge is 0.394 e. The van der Waals surface area contributed by atoms with Gasteiger partial charge in [0.2, 0.25) is 0 Å². The number of hydrogen-bond donors (Lipinski definition) is 2. The smallest absolute Gasteiger partial charge is 0.252 e. The lowest BCUT2D eigenvalue weighted by molar-refractivity contribution is -0.123. The lowest BCUT2D eigenvalue weighted by Crippen LogP contribution is -2.38. The standard InChI is InChI=1S/C23H43NO3/c1-3-4-5-6-7-8-9-10-11-12-13-14-15-16-17-18-21-22(27-21)23(26)24-20(2)19-25/h15-16,20-22,25H,3-14,17-19H2,1-2H3,(H,24,26)/b16-15+/t20-,21?,22-/m1/s1. The Morgan fingerprint density at radius 1 is 0.963 bits per heavy atom. The Labute approximate surface area is 167 Å². The molecule has 0 aromatic rings. The first-order valence-electron chi connectivity index (χ1n) is 11.4. The molecule has 1 amide bonds. The highest BCUT2D eigenvalue weighted by Gasteiger charge is 2.44. The minimum absolute atomic E-state index is 0.0368. The van der Waals surface area contributed by atoms with Gasteiger partial charge in [0.25, 0.3) is 5.91 Å².